The molecule has 0 bridgehead atoms. The van der Waals surface area contributed by atoms with E-state index < -0.39 is 0 Å². The Morgan fingerprint density at radius 3 is 2.48 bits per heavy atom. The molecule has 1 fully saturated rings. The van der Waals surface area contributed by atoms with E-state index >= 15 is 0 Å². The normalized spacial score (nSPS) is 16.3. The Bertz CT molecular complexity index is 792. The summed E-state index contributed by atoms with van der Waals surface area (Å²) in [6, 6.07) is 8.23. The lowest BCUT2D eigenvalue weighted by Crippen LogP contribution is -2.28. The minimum atomic E-state index is 0.200. The summed E-state index contributed by atoms with van der Waals surface area (Å²) < 4.78 is 7.39. The number of nitrogens with zero attached hydrogens (tertiary/aromatic N) is 1. The molecule has 2 aromatic rings. The second kappa shape index (κ2) is 7.23. The van der Waals surface area contributed by atoms with Crippen LogP contribution in [0.3, 0.4) is 0 Å². The number of fused-ring (bicyclic) bond motifs is 1. The van der Waals surface area contributed by atoms with Crippen molar-refractivity contribution in [3.63, 3.8) is 0 Å². The number of ether oxygens (including phenoxy) is 1. The first kappa shape index (κ1) is 18.0. The minimum Gasteiger partial charge on any atom is -0.497 e. The Kier molecular flexibility index (Phi) is 5.21. The van der Waals surface area contributed by atoms with E-state index in [0.29, 0.717) is 5.92 Å². The molecular formula is C22H31NO2. The zero-order valence-corrected chi connectivity index (χ0v) is 16.1. The molecule has 1 aromatic heterocycles. The number of pyridine rings is 1. The summed E-state index contributed by atoms with van der Waals surface area (Å²) in [5.74, 6) is 1.23. The predicted molar refractivity (Wildman–Crippen MR) is 105 cm³/mol. The van der Waals surface area contributed by atoms with Crippen molar-refractivity contribution in [2.24, 2.45) is 5.41 Å². The summed E-state index contributed by atoms with van der Waals surface area (Å²) >= 11 is 0. The van der Waals surface area contributed by atoms with Crippen LogP contribution in [0.2, 0.25) is 0 Å². The quantitative estimate of drug-likeness (QED) is 0.736. The third-order valence-electron chi connectivity index (χ3n) is 5.46. The van der Waals surface area contributed by atoms with Crippen LogP contribution in [-0.2, 0) is 6.54 Å². The zero-order valence-electron chi connectivity index (χ0n) is 16.1. The van der Waals surface area contributed by atoms with E-state index in [1.54, 1.807) is 7.11 Å². The van der Waals surface area contributed by atoms with Gasteiger partial charge in [-0.15, -0.1) is 0 Å². The Balaban J connectivity index is 2.12. The van der Waals surface area contributed by atoms with E-state index in [9.17, 15) is 4.79 Å². The van der Waals surface area contributed by atoms with E-state index in [2.05, 4.69) is 32.9 Å². The number of rotatable bonds is 4. The predicted octanol–water partition coefficient (Wildman–Crippen LogP) is 5.49. The van der Waals surface area contributed by atoms with E-state index in [1.807, 2.05) is 16.7 Å². The largest absolute Gasteiger partial charge is 0.497 e. The van der Waals surface area contributed by atoms with Crippen molar-refractivity contribution in [2.75, 3.05) is 7.11 Å². The van der Waals surface area contributed by atoms with Crippen LogP contribution < -0.4 is 10.3 Å². The monoisotopic (exact) mass is 341 g/mol. The van der Waals surface area contributed by atoms with Crippen LogP contribution in [0.1, 0.15) is 70.8 Å². The number of aryl methyl sites for hydroxylation is 1. The lowest BCUT2D eigenvalue weighted by molar-refractivity contribution is 0.349. The summed E-state index contributed by atoms with van der Waals surface area (Å²) in [6.45, 7) is 7.44. The number of hydrogen-bond acceptors (Lipinski definition) is 2. The van der Waals surface area contributed by atoms with Gasteiger partial charge in [-0.05, 0) is 54.2 Å². The van der Waals surface area contributed by atoms with Crippen molar-refractivity contribution in [1.82, 2.24) is 4.57 Å². The van der Waals surface area contributed by atoms with Crippen LogP contribution >= 0.6 is 0 Å². The van der Waals surface area contributed by atoms with Crippen molar-refractivity contribution in [3.05, 3.63) is 40.2 Å². The van der Waals surface area contributed by atoms with Crippen LogP contribution in [0, 0.1) is 5.41 Å². The maximum Gasteiger partial charge on any atom is 0.254 e. The molecule has 0 saturated heterocycles. The molecule has 1 saturated carbocycles. The van der Waals surface area contributed by atoms with E-state index in [4.69, 9.17) is 4.74 Å². The van der Waals surface area contributed by atoms with Crippen LogP contribution in [0.15, 0.2) is 29.1 Å². The second-order valence-corrected chi connectivity index (χ2v) is 8.63. The first-order chi connectivity index (χ1) is 11.9. The third-order valence-corrected chi connectivity index (χ3v) is 5.46. The molecule has 25 heavy (non-hydrogen) atoms. The van der Waals surface area contributed by atoms with Crippen molar-refractivity contribution >= 4 is 10.9 Å². The zero-order chi connectivity index (χ0) is 18.0. The fraction of sp³-hybridized carbons (Fsp3) is 0.591. The van der Waals surface area contributed by atoms with Crippen LogP contribution in [-0.4, -0.2) is 11.7 Å². The molecule has 1 heterocycles. The molecule has 0 N–H and O–H groups in total. The molecule has 0 radical (unpaired) electrons. The number of methoxy groups -OCH3 is 1. The van der Waals surface area contributed by atoms with Gasteiger partial charge in [-0.3, -0.25) is 4.79 Å². The molecule has 0 aliphatic heterocycles. The molecule has 136 valence electrons. The van der Waals surface area contributed by atoms with Gasteiger partial charge in [0, 0.05) is 18.2 Å². The minimum absolute atomic E-state index is 0.200. The Morgan fingerprint density at radius 1 is 1.12 bits per heavy atom. The van der Waals surface area contributed by atoms with Crippen LogP contribution in [0.4, 0.5) is 0 Å². The highest BCUT2D eigenvalue weighted by atomic mass is 16.5. The molecule has 1 aromatic carbocycles. The van der Waals surface area contributed by atoms with Gasteiger partial charge in [0.05, 0.1) is 12.6 Å². The smallest absolute Gasteiger partial charge is 0.254 e. The average molecular weight is 341 g/mol. The van der Waals surface area contributed by atoms with Crippen molar-refractivity contribution in [2.45, 2.75) is 71.8 Å². The van der Waals surface area contributed by atoms with Gasteiger partial charge in [0.2, 0.25) is 0 Å². The molecule has 0 unspecified atom stereocenters. The summed E-state index contributed by atoms with van der Waals surface area (Å²) in [7, 11) is 1.68. The summed E-state index contributed by atoms with van der Waals surface area (Å²) in [5, 5.41) is 1.15. The van der Waals surface area contributed by atoms with Gasteiger partial charge in [-0.2, -0.15) is 0 Å². The molecule has 1 aliphatic carbocycles. The Hall–Kier alpha value is -1.77. The maximum atomic E-state index is 13.3. The molecular weight excluding hydrogens is 310 g/mol. The Morgan fingerprint density at radius 2 is 1.84 bits per heavy atom. The van der Waals surface area contributed by atoms with Crippen molar-refractivity contribution < 1.29 is 4.74 Å². The van der Waals surface area contributed by atoms with E-state index in [1.165, 1.54) is 19.3 Å². The highest BCUT2D eigenvalue weighted by Crippen LogP contribution is 2.33. The van der Waals surface area contributed by atoms with Gasteiger partial charge in [-0.1, -0.05) is 40.0 Å². The van der Waals surface area contributed by atoms with Crippen LogP contribution in [0.5, 0.6) is 5.75 Å². The topological polar surface area (TPSA) is 31.2 Å². The molecule has 3 rings (SSSR count). The van der Waals surface area contributed by atoms with Crippen molar-refractivity contribution in [3.8, 4) is 5.75 Å². The van der Waals surface area contributed by atoms with Gasteiger partial charge >= 0.3 is 0 Å². The molecule has 0 spiro atoms. The first-order valence-electron chi connectivity index (χ1n) is 9.60. The van der Waals surface area contributed by atoms with Gasteiger partial charge in [-0.25, -0.2) is 0 Å². The molecule has 3 heteroatoms. The molecule has 1 aliphatic rings. The SMILES string of the molecule is COc1ccc2cc(C3CCCCC3)c(=O)n(CCC(C)(C)C)c2c1. The van der Waals surface area contributed by atoms with Gasteiger partial charge in [0.15, 0.2) is 0 Å². The van der Waals surface area contributed by atoms with Crippen molar-refractivity contribution in [1.29, 1.82) is 0 Å². The lowest BCUT2D eigenvalue weighted by Gasteiger charge is -2.24. The van der Waals surface area contributed by atoms with Crippen LogP contribution in [0.25, 0.3) is 10.9 Å². The standard InChI is InChI=1S/C22H31NO2/c1-22(2,3)12-13-23-20-15-18(25-4)11-10-17(20)14-19(21(23)24)16-8-6-5-7-9-16/h10-11,14-16H,5-9,12-13H2,1-4H3. The fourth-order valence-corrected chi connectivity index (χ4v) is 3.88. The number of benzene rings is 1. The third kappa shape index (κ3) is 4.08. The average Bonchev–Trinajstić information content (AvgIpc) is 2.60. The van der Waals surface area contributed by atoms with E-state index in [0.717, 1.165) is 48.0 Å². The number of hydrogen-bond donors (Lipinski definition) is 0. The van der Waals surface area contributed by atoms with Gasteiger partial charge in [0.25, 0.3) is 5.56 Å². The summed E-state index contributed by atoms with van der Waals surface area (Å²) in [5.41, 5.74) is 2.42. The maximum absolute atomic E-state index is 13.3. The fourth-order valence-electron chi connectivity index (χ4n) is 3.88. The van der Waals surface area contributed by atoms with Gasteiger partial charge in [0.1, 0.15) is 5.75 Å². The van der Waals surface area contributed by atoms with Gasteiger partial charge < -0.3 is 9.30 Å². The molecule has 0 atom stereocenters. The Labute approximate surface area is 151 Å². The second-order valence-electron chi connectivity index (χ2n) is 8.63. The summed E-state index contributed by atoms with van der Waals surface area (Å²) in [6.07, 6.45) is 7.07. The summed E-state index contributed by atoms with van der Waals surface area (Å²) in [4.78, 5) is 13.3. The number of aromatic nitrogens is 1. The molecule has 3 nitrogen and oxygen atoms in total. The first-order valence-corrected chi connectivity index (χ1v) is 9.60. The van der Waals surface area contributed by atoms with E-state index in [-0.39, 0.29) is 11.0 Å². The highest BCUT2D eigenvalue weighted by molar-refractivity contribution is 5.81. The highest BCUT2D eigenvalue weighted by Gasteiger charge is 2.21. The molecule has 0 amide bonds. The lowest BCUT2D eigenvalue weighted by atomic mass is 9.84.